The summed E-state index contributed by atoms with van der Waals surface area (Å²) in [5.74, 6) is -0.112. The fraction of sp³-hybridized carbons (Fsp3) is 0.467. The molecule has 1 aliphatic heterocycles. The Morgan fingerprint density at radius 3 is 2.42 bits per heavy atom. The smallest absolute Gasteiger partial charge is 0.344 e. The summed E-state index contributed by atoms with van der Waals surface area (Å²) in [6.07, 6.45) is 0.378. The second-order valence-electron chi connectivity index (χ2n) is 5.29. The molecule has 132 valence electrons. The van der Waals surface area contributed by atoms with E-state index in [1.807, 2.05) is 0 Å². The molecule has 1 atom stereocenters. The van der Waals surface area contributed by atoms with Crippen molar-refractivity contribution in [1.29, 1.82) is 0 Å². The molecule has 0 aliphatic carbocycles. The Hall–Kier alpha value is -2.29. The van der Waals surface area contributed by atoms with Gasteiger partial charge in [-0.15, -0.1) is 0 Å². The maximum atomic E-state index is 11.6. The van der Waals surface area contributed by atoms with E-state index < -0.39 is 34.4 Å². The molecule has 0 radical (unpaired) electrons. The Morgan fingerprint density at radius 2 is 1.83 bits per heavy atom. The molecule has 1 aliphatic rings. The van der Waals surface area contributed by atoms with E-state index in [1.165, 1.54) is 0 Å². The summed E-state index contributed by atoms with van der Waals surface area (Å²) < 4.78 is 37.6. The second-order valence-corrected chi connectivity index (χ2v) is 7.52. The lowest BCUT2D eigenvalue weighted by Crippen LogP contribution is -2.38. The molecule has 0 saturated carbocycles. The van der Waals surface area contributed by atoms with Gasteiger partial charge in [-0.25, -0.2) is 13.2 Å². The third-order valence-electron chi connectivity index (χ3n) is 3.38. The van der Waals surface area contributed by atoms with E-state index in [1.54, 1.807) is 31.4 Å². The van der Waals surface area contributed by atoms with Crippen molar-refractivity contribution < 1.29 is 32.2 Å². The lowest BCUT2D eigenvalue weighted by Gasteiger charge is -2.11. The Labute approximate surface area is 140 Å². The molecule has 8 nitrogen and oxygen atoms in total. The van der Waals surface area contributed by atoms with E-state index in [0.717, 1.165) is 0 Å². The molecule has 1 fully saturated rings. The van der Waals surface area contributed by atoms with Crippen LogP contribution in [-0.4, -0.2) is 58.2 Å². The number of sulfone groups is 1. The first kappa shape index (κ1) is 18.1. The first-order valence-electron chi connectivity index (χ1n) is 7.30. The molecule has 0 spiro atoms. The van der Waals surface area contributed by atoms with E-state index in [0.29, 0.717) is 17.9 Å². The van der Waals surface area contributed by atoms with Crippen LogP contribution < -0.4 is 14.8 Å². The number of amides is 1. The maximum absolute atomic E-state index is 11.6. The molecule has 1 amide bonds. The minimum atomic E-state index is -3.07. The van der Waals surface area contributed by atoms with Crippen LogP contribution in [0, 0.1) is 0 Å². The van der Waals surface area contributed by atoms with Crippen LogP contribution in [0.15, 0.2) is 24.3 Å². The zero-order chi connectivity index (χ0) is 17.6. The zero-order valence-corrected chi connectivity index (χ0v) is 14.0. The SMILES string of the molecule is COc1ccc(OCC(=O)OCC(=O)N[C@@H]2CCS(=O)(=O)C2)cc1. The van der Waals surface area contributed by atoms with Crippen molar-refractivity contribution >= 4 is 21.7 Å². The summed E-state index contributed by atoms with van der Waals surface area (Å²) in [6, 6.07) is 6.23. The number of rotatable bonds is 7. The number of benzene rings is 1. The molecular weight excluding hydrogens is 338 g/mol. The van der Waals surface area contributed by atoms with Crippen LogP contribution in [0.2, 0.25) is 0 Å². The molecule has 1 aromatic carbocycles. The van der Waals surface area contributed by atoms with Crippen LogP contribution in [0.25, 0.3) is 0 Å². The largest absolute Gasteiger partial charge is 0.497 e. The predicted molar refractivity (Wildman–Crippen MR) is 84.6 cm³/mol. The average molecular weight is 357 g/mol. The van der Waals surface area contributed by atoms with E-state index in [4.69, 9.17) is 14.2 Å². The summed E-state index contributed by atoms with van der Waals surface area (Å²) in [6.45, 7) is -0.807. The summed E-state index contributed by atoms with van der Waals surface area (Å²) in [5, 5.41) is 2.53. The molecular formula is C15H19NO7S. The maximum Gasteiger partial charge on any atom is 0.344 e. The van der Waals surface area contributed by atoms with Gasteiger partial charge >= 0.3 is 5.97 Å². The molecule has 2 rings (SSSR count). The normalized spacial score (nSPS) is 18.6. The van der Waals surface area contributed by atoms with Gasteiger partial charge in [-0.1, -0.05) is 0 Å². The van der Waals surface area contributed by atoms with Crippen molar-refractivity contribution in [3.05, 3.63) is 24.3 Å². The van der Waals surface area contributed by atoms with Gasteiger partial charge in [0.05, 0.1) is 18.6 Å². The molecule has 0 aromatic heterocycles. The Morgan fingerprint density at radius 1 is 1.17 bits per heavy atom. The van der Waals surface area contributed by atoms with Gasteiger partial charge in [0, 0.05) is 6.04 Å². The highest BCUT2D eigenvalue weighted by molar-refractivity contribution is 7.91. The number of methoxy groups -OCH3 is 1. The van der Waals surface area contributed by atoms with Crippen LogP contribution >= 0.6 is 0 Å². The van der Waals surface area contributed by atoms with Crippen LogP contribution in [0.3, 0.4) is 0 Å². The van der Waals surface area contributed by atoms with Gasteiger partial charge in [-0.3, -0.25) is 4.79 Å². The van der Waals surface area contributed by atoms with Crippen molar-refractivity contribution in [1.82, 2.24) is 5.32 Å². The third-order valence-corrected chi connectivity index (χ3v) is 5.15. The van der Waals surface area contributed by atoms with Crippen molar-refractivity contribution in [3.8, 4) is 11.5 Å². The lowest BCUT2D eigenvalue weighted by atomic mass is 10.2. The number of esters is 1. The fourth-order valence-corrected chi connectivity index (χ4v) is 3.85. The number of hydrogen-bond acceptors (Lipinski definition) is 7. The Kier molecular flexibility index (Phi) is 6.02. The summed E-state index contributed by atoms with van der Waals surface area (Å²) in [5.41, 5.74) is 0. The van der Waals surface area contributed by atoms with Crippen molar-refractivity contribution in [2.75, 3.05) is 31.8 Å². The van der Waals surface area contributed by atoms with Gasteiger partial charge in [0.1, 0.15) is 11.5 Å². The molecule has 24 heavy (non-hydrogen) atoms. The number of carbonyl (C=O) groups is 2. The van der Waals surface area contributed by atoms with Crippen LogP contribution in [0.5, 0.6) is 11.5 Å². The van der Waals surface area contributed by atoms with E-state index >= 15 is 0 Å². The van der Waals surface area contributed by atoms with Gasteiger partial charge < -0.3 is 19.5 Å². The van der Waals surface area contributed by atoms with E-state index in [-0.39, 0.29) is 18.1 Å². The van der Waals surface area contributed by atoms with Crippen LogP contribution in [0.1, 0.15) is 6.42 Å². The molecule has 9 heteroatoms. The number of carbonyl (C=O) groups excluding carboxylic acids is 2. The monoisotopic (exact) mass is 357 g/mol. The lowest BCUT2D eigenvalue weighted by molar-refractivity contribution is -0.150. The zero-order valence-electron chi connectivity index (χ0n) is 13.2. The standard InChI is InChI=1S/C15H19NO7S/c1-21-12-2-4-13(5-3-12)22-9-15(18)23-8-14(17)16-11-6-7-24(19,20)10-11/h2-5,11H,6-10H2,1H3,(H,16,17)/t11-/m1/s1. The first-order chi connectivity index (χ1) is 11.4. The topological polar surface area (TPSA) is 108 Å². The highest BCUT2D eigenvalue weighted by atomic mass is 32.2. The predicted octanol–water partition coefficient (Wildman–Crippen LogP) is -0.0795. The van der Waals surface area contributed by atoms with Gasteiger partial charge in [0.15, 0.2) is 23.1 Å². The molecule has 1 saturated heterocycles. The van der Waals surface area contributed by atoms with Gasteiger partial charge in [0.2, 0.25) is 0 Å². The summed E-state index contributed by atoms with van der Waals surface area (Å²) >= 11 is 0. The van der Waals surface area contributed by atoms with Gasteiger partial charge in [-0.2, -0.15) is 0 Å². The van der Waals surface area contributed by atoms with E-state index in [2.05, 4.69) is 5.32 Å². The molecule has 1 heterocycles. The fourth-order valence-electron chi connectivity index (χ4n) is 2.18. The molecule has 1 aromatic rings. The molecule has 0 bridgehead atoms. The van der Waals surface area contributed by atoms with Crippen molar-refractivity contribution in [2.45, 2.75) is 12.5 Å². The highest BCUT2D eigenvalue weighted by Crippen LogP contribution is 2.16. The third kappa shape index (κ3) is 5.73. The summed E-state index contributed by atoms with van der Waals surface area (Å²) in [7, 11) is -1.53. The van der Waals surface area contributed by atoms with Crippen molar-refractivity contribution in [3.63, 3.8) is 0 Å². The van der Waals surface area contributed by atoms with Crippen molar-refractivity contribution in [2.24, 2.45) is 0 Å². The number of ether oxygens (including phenoxy) is 3. The minimum Gasteiger partial charge on any atom is -0.497 e. The van der Waals surface area contributed by atoms with E-state index in [9.17, 15) is 18.0 Å². The quantitative estimate of drug-likeness (QED) is 0.680. The second kappa shape index (κ2) is 8.00. The molecule has 1 N–H and O–H groups in total. The van der Waals surface area contributed by atoms with Gasteiger partial charge in [-0.05, 0) is 30.7 Å². The Balaban J connectivity index is 1.66. The van der Waals surface area contributed by atoms with Crippen LogP contribution in [-0.2, 0) is 24.2 Å². The van der Waals surface area contributed by atoms with Gasteiger partial charge in [0.25, 0.3) is 5.91 Å². The molecule has 0 unspecified atom stereocenters. The van der Waals surface area contributed by atoms with Crippen LogP contribution in [0.4, 0.5) is 0 Å². The highest BCUT2D eigenvalue weighted by Gasteiger charge is 2.29. The number of nitrogens with one attached hydrogen (secondary N) is 1. The minimum absolute atomic E-state index is 0.0629. The Bertz CT molecular complexity index is 684. The summed E-state index contributed by atoms with van der Waals surface area (Å²) in [4.78, 5) is 23.2. The number of hydrogen-bond donors (Lipinski definition) is 1. The average Bonchev–Trinajstić information content (AvgIpc) is 2.90. The first-order valence-corrected chi connectivity index (χ1v) is 9.12.